The van der Waals surface area contributed by atoms with E-state index < -0.39 is 11.3 Å². The van der Waals surface area contributed by atoms with Gasteiger partial charge in [-0.2, -0.15) is 0 Å². The van der Waals surface area contributed by atoms with E-state index in [0.29, 0.717) is 35.2 Å². The van der Waals surface area contributed by atoms with Crippen molar-refractivity contribution in [2.75, 3.05) is 26.8 Å². The quantitative estimate of drug-likeness (QED) is 0.748. The standard InChI is InChI=1S/C22H25ClN2O4/c1-28-19-6-3-2-5-18(19)21(27)25-12-4-11-22(14-25,13-20(24)26)15-29-17-9-7-16(23)8-10-17/h2-3,5-10H,4,11-15H2,1H3,(H2,24,26)/t22-/m1/s1. The molecule has 1 heterocycles. The van der Waals surface area contributed by atoms with E-state index in [-0.39, 0.29) is 18.9 Å². The first-order valence-electron chi connectivity index (χ1n) is 9.51. The second-order valence-corrected chi connectivity index (χ2v) is 7.85. The summed E-state index contributed by atoms with van der Waals surface area (Å²) in [7, 11) is 1.54. The average molecular weight is 417 g/mol. The first kappa shape index (κ1) is 21.0. The van der Waals surface area contributed by atoms with Crippen LogP contribution in [0.5, 0.6) is 11.5 Å². The van der Waals surface area contributed by atoms with Crippen LogP contribution in [0.4, 0.5) is 0 Å². The van der Waals surface area contributed by atoms with Crippen LogP contribution in [0.1, 0.15) is 29.6 Å². The van der Waals surface area contributed by atoms with Gasteiger partial charge in [0.05, 0.1) is 19.3 Å². The second kappa shape index (κ2) is 9.18. The molecule has 2 aromatic rings. The zero-order valence-electron chi connectivity index (χ0n) is 16.4. The largest absolute Gasteiger partial charge is 0.496 e. The number of carbonyl (C=O) groups excluding carboxylic acids is 2. The minimum Gasteiger partial charge on any atom is -0.496 e. The molecule has 2 N–H and O–H groups in total. The molecule has 154 valence electrons. The van der Waals surface area contributed by atoms with Crippen LogP contribution < -0.4 is 15.2 Å². The summed E-state index contributed by atoms with van der Waals surface area (Å²) >= 11 is 5.92. The molecule has 3 rings (SSSR count). The number of primary amides is 1. The molecule has 0 radical (unpaired) electrons. The normalized spacial score (nSPS) is 18.9. The maximum Gasteiger partial charge on any atom is 0.257 e. The van der Waals surface area contributed by atoms with Crippen molar-refractivity contribution in [2.45, 2.75) is 19.3 Å². The minimum absolute atomic E-state index is 0.123. The van der Waals surface area contributed by atoms with Crippen molar-refractivity contribution in [3.63, 3.8) is 0 Å². The van der Waals surface area contributed by atoms with Gasteiger partial charge in [-0.05, 0) is 49.2 Å². The van der Waals surface area contributed by atoms with Gasteiger partial charge >= 0.3 is 0 Å². The Morgan fingerprint density at radius 2 is 1.90 bits per heavy atom. The summed E-state index contributed by atoms with van der Waals surface area (Å²) in [5, 5.41) is 0.621. The third-order valence-corrected chi connectivity index (χ3v) is 5.45. The van der Waals surface area contributed by atoms with Gasteiger partial charge in [0.2, 0.25) is 5.91 Å². The summed E-state index contributed by atoms with van der Waals surface area (Å²) in [6.45, 7) is 1.28. The number of rotatable bonds is 7. The molecule has 29 heavy (non-hydrogen) atoms. The van der Waals surface area contributed by atoms with Crippen LogP contribution >= 0.6 is 11.6 Å². The van der Waals surface area contributed by atoms with Crippen molar-refractivity contribution in [3.8, 4) is 11.5 Å². The number of benzene rings is 2. The van der Waals surface area contributed by atoms with Gasteiger partial charge in [-0.3, -0.25) is 9.59 Å². The van der Waals surface area contributed by atoms with Crippen LogP contribution in [-0.2, 0) is 4.79 Å². The van der Waals surface area contributed by atoms with E-state index >= 15 is 0 Å². The Morgan fingerprint density at radius 3 is 2.59 bits per heavy atom. The van der Waals surface area contributed by atoms with E-state index in [2.05, 4.69) is 0 Å². The lowest BCUT2D eigenvalue weighted by Gasteiger charge is -2.42. The van der Waals surface area contributed by atoms with Gasteiger partial charge < -0.3 is 20.1 Å². The monoisotopic (exact) mass is 416 g/mol. The fraction of sp³-hybridized carbons (Fsp3) is 0.364. The van der Waals surface area contributed by atoms with Gasteiger partial charge in [-0.25, -0.2) is 0 Å². The van der Waals surface area contributed by atoms with Gasteiger partial charge in [0, 0.05) is 29.9 Å². The number of methoxy groups -OCH3 is 1. The number of amides is 2. The summed E-state index contributed by atoms with van der Waals surface area (Å²) in [5.41, 5.74) is 5.50. The SMILES string of the molecule is COc1ccccc1C(=O)N1CCC[C@@](COc2ccc(Cl)cc2)(CC(N)=O)C1. The second-order valence-electron chi connectivity index (χ2n) is 7.42. The number of hydrogen-bond donors (Lipinski definition) is 1. The Bertz CT molecular complexity index is 871. The molecule has 0 bridgehead atoms. The Morgan fingerprint density at radius 1 is 1.17 bits per heavy atom. The van der Waals surface area contributed by atoms with Gasteiger partial charge in [0.1, 0.15) is 11.5 Å². The van der Waals surface area contributed by atoms with Gasteiger partial charge in [0.25, 0.3) is 5.91 Å². The highest BCUT2D eigenvalue weighted by Crippen LogP contribution is 2.35. The minimum atomic E-state index is -0.540. The molecule has 0 aromatic heterocycles. The van der Waals surface area contributed by atoms with E-state index in [4.69, 9.17) is 26.8 Å². The number of piperidine rings is 1. The van der Waals surface area contributed by atoms with E-state index in [1.165, 1.54) is 0 Å². The van der Waals surface area contributed by atoms with Crippen molar-refractivity contribution in [1.82, 2.24) is 4.90 Å². The van der Waals surface area contributed by atoms with Crippen LogP contribution in [0.15, 0.2) is 48.5 Å². The number of carbonyl (C=O) groups is 2. The number of nitrogens with zero attached hydrogens (tertiary/aromatic N) is 1. The van der Waals surface area contributed by atoms with Crippen molar-refractivity contribution >= 4 is 23.4 Å². The van der Waals surface area contributed by atoms with Crippen molar-refractivity contribution in [1.29, 1.82) is 0 Å². The summed E-state index contributed by atoms with van der Waals surface area (Å²) in [5.74, 6) is 0.659. The Labute approximate surface area is 175 Å². The molecule has 1 aliphatic rings. The number of hydrogen-bond acceptors (Lipinski definition) is 4. The smallest absolute Gasteiger partial charge is 0.257 e. The van der Waals surface area contributed by atoms with E-state index in [0.717, 1.165) is 12.8 Å². The van der Waals surface area contributed by atoms with E-state index in [9.17, 15) is 9.59 Å². The highest BCUT2D eigenvalue weighted by Gasteiger charge is 2.40. The zero-order chi connectivity index (χ0) is 20.9. The maximum absolute atomic E-state index is 13.1. The lowest BCUT2D eigenvalue weighted by Crippen LogP contribution is -2.50. The summed E-state index contributed by atoms with van der Waals surface area (Å²) in [4.78, 5) is 26.7. The number of halogens is 1. The molecular weight excluding hydrogens is 392 g/mol. The average Bonchev–Trinajstić information content (AvgIpc) is 2.72. The first-order chi connectivity index (χ1) is 13.9. The van der Waals surface area contributed by atoms with Crippen LogP contribution in [0, 0.1) is 5.41 Å². The van der Waals surface area contributed by atoms with Gasteiger partial charge in [0.15, 0.2) is 0 Å². The fourth-order valence-corrected chi connectivity index (χ4v) is 3.95. The predicted molar refractivity (Wildman–Crippen MR) is 111 cm³/mol. The molecule has 0 aliphatic carbocycles. The number of para-hydroxylation sites is 1. The van der Waals surface area contributed by atoms with E-state index in [1.807, 2.05) is 6.07 Å². The predicted octanol–water partition coefficient (Wildman–Crippen LogP) is 3.53. The van der Waals surface area contributed by atoms with Crippen LogP contribution in [-0.4, -0.2) is 43.5 Å². The molecule has 0 saturated carbocycles. The lowest BCUT2D eigenvalue weighted by atomic mass is 9.77. The summed E-state index contributed by atoms with van der Waals surface area (Å²) in [6.07, 6.45) is 1.66. The third-order valence-electron chi connectivity index (χ3n) is 5.19. The molecular formula is C22H25ClN2O4. The topological polar surface area (TPSA) is 81.9 Å². The van der Waals surface area contributed by atoms with Crippen molar-refractivity contribution in [2.24, 2.45) is 11.1 Å². The van der Waals surface area contributed by atoms with Gasteiger partial charge in [-0.1, -0.05) is 23.7 Å². The van der Waals surface area contributed by atoms with Crippen LogP contribution in [0.3, 0.4) is 0 Å². The molecule has 1 fully saturated rings. The lowest BCUT2D eigenvalue weighted by molar-refractivity contribution is -0.122. The first-order valence-corrected chi connectivity index (χ1v) is 9.89. The summed E-state index contributed by atoms with van der Waals surface area (Å²) < 4.78 is 11.3. The molecule has 1 atom stereocenters. The Hall–Kier alpha value is -2.73. The summed E-state index contributed by atoms with van der Waals surface area (Å²) in [6, 6.07) is 14.2. The number of likely N-dealkylation sites (tertiary alicyclic amines) is 1. The Kier molecular flexibility index (Phi) is 6.64. The highest BCUT2D eigenvalue weighted by molar-refractivity contribution is 6.30. The van der Waals surface area contributed by atoms with E-state index in [1.54, 1.807) is 54.5 Å². The number of nitrogens with two attached hydrogens (primary N) is 1. The molecule has 2 aromatic carbocycles. The van der Waals surface area contributed by atoms with Crippen LogP contribution in [0.25, 0.3) is 0 Å². The zero-order valence-corrected chi connectivity index (χ0v) is 17.2. The maximum atomic E-state index is 13.1. The molecule has 1 aliphatic heterocycles. The molecule has 6 nitrogen and oxygen atoms in total. The van der Waals surface area contributed by atoms with Gasteiger partial charge in [-0.15, -0.1) is 0 Å². The molecule has 0 spiro atoms. The van der Waals surface area contributed by atoms with Crippen molar-refractivity contribution < 1.29 is 19.1 Å². The van der Waals surface area contributed by atoms with Crippen molar-refractivity contribution in [3.05, 3.63) is 59.1 Å². The van der Waals surface area contributed by atoms with Crippen LogP contribution in [0.2, 0.25) is 5.02 Å². The fourth-order valence-electron chi connectivity index (χ4n) is 3.82. The highest BCUT2D eigenvalue weighted by atomic mass is 35.5. The third kappa shape index (κ3) is 5.21. The molecule has 7 heteroatoms. The molecule has 1 saturated heterocycles. The molecule has 0 unspecified atom stereocenters. The Balaban J connectivity index is 1.78. The number of ether oxygens (including phenoxy) is 2. The molecule has 2 amide bonds.